The van der Waals surface area contributed by atoms with Crippen LogP contribution in [0.4, 0.5) is 18.9 Å². The van der Waals surface area contributed by atoms with Crippen LogP contribution in [0, 0.1) is 6.92 Å². The van der Waals surface area contributed by atoms with E-state index in [9.17, 15) is 13.2 Å². The van der Waals surface area contributed by atoms with E-state index >= 15 is 0 Å². The highest BCUT2D eigenvalue weighted by Gasteiger charge is 2.34. The van der Waals surface area contributed by atoms with Crippen LogP contribution >= 0.6 is 15.9 Å². The predicted octanol–water partition coefficient (Wildman–Crippen LogP) is 3.36. The number of anilines is 1. The molecule has 13 heavy (non-hydrogen) atoms. The Hall–Kier alpha value is -0.710. The molecule has 0 saturated carbocycles. The standard InChI is InChI=1S/C8H7BrF3N/c1-4-2-5(9)3-6(13)7(4)8(10,11)12/h2-3H,13H2,1H3. The molecule has 0 aliphatic rings. The molecule has 1 nitrogen and oxygen atoms in total. The van der Waals surface area contributed by atoms with Gasteiger partial charge in [0.25, 0.3) is 0 Å². The molecular formula is C8H7BrF3N. The molecule has 0 spiro atoms. The van der Waals surface area contributed by atoms with Crippen molar-refractivity contribution in [2.75, 3.05) is 5.73 Å². The van der Waals surface area contributed by atoms with Gasteiger partial charge in [-0.25, -0.2) is 0 Å². The summed E-state index contributed by atoms with van der Waals surface area (Å²) in [5.41, 5.74) is 4.38. The van der Waals surface area contributed by atoms with Gasteiger partial charge >= 0.3 is 6.18 Å². The molecule has 0 fully saturated rings. The molecule has 0 atom stereocenters. The zero-order valence-electron chi connectivity index (χ0n) is 6.74. The molecule has 0 unspecified atom stereocenters. The number of nitrogens with two attached hydrogens (primary N) is 1. The van der Waals surface area contributed by atoms with E-state index in [2.05, 4.69) is 15.9 Å². The highest BCUT2D eigenvalue weighted by atomic mass is 79.9. The summed E-state index contributed by atoms with van der Waals surface area (Å²) in [4.78, 5) is 0. The zero-order valence-corrected chi connectivity index (χ0v) is 8.33. The minimum absolute atomic E-state index is 0.124. The molecule has 1 aromatic carbocycles. The number of rotatable bonds is 0. The normalized spacial score (nSPS) is 11.8. The summed E-state index contributed by atoms with van der Waals surface area (Å²) < 4.78 is 37.6. The van der Waals surface area contributed by atoms with Crippen molar-refractivity contribution in [3.63, 3.8) is 0 Å². The maximum absolute atomic E-state index is 12.3. The Labute approximate surface area is 81.9 Å². The molecule has 0 saturated heterocycles. The van der Waals surface area contributed by atoms with Crippen LogP contribution in [0.1, 0.15) is 11.1 Å². The number of halogens is 4. The summed E-state index contributed by atoms with van der Waals surface area (Å²) >= 11 is 3.07. The smallest absolute Gasteiger partial charge is 0.398 e. The second kappa shape index (κ2) is 3.21. The summed E-state index contributed by atoms with van der Waals surface area (Å²) in [6, 6.07) is 2.63. The minimum atomic E-state index is -4.38. The third-order valence-corrected chi connectivity index (χ3v) is 2.07. The van der Waals surface area contributed by atoms with Gasteiger partial charge in [0.15, 0.2) is 0 Å². The van der Waals surface area contributed by atoms with Crippen molar-refractivity contribution in [2.45, 2.75) is 13.1 Å². The van der Waals surface area contributed by atoms with Gasteiger partial charge in [-0.2, -0.15) is 13.2 Å². The monoisotopic (exact) mass is 253 g/mol. The number of hydrogen-bond acceptors (Lipinski definition) is 1. The van der Waals surface area contributed by atoms with Crippen molar-refractivity contribution < 1.29 is 13.2 Å². The van der Waals surface area contributed by atoms with Crippen molar-refractivity contribution in [2.24, 2.45) is 0 Å². The molecular weight excluding hydrogens is 247 g/mol. The Morgan fingerprint density at radius 2 is 1.85 bits per heavy atom. The first-order valence-corrected chi connectivity index (χ1v) is 4.24. The van der Waals surface area contributed by atoms with Crippen LogP contribution in [-0.2, 0) is 6.18 Å². The maximum atomic E-state index is 12.3. The summed E-state index contributed by atoms with van der Waals surface area (Å²) in [6.07, 6.45) is -4.38. The van der Waals surface area contributed by atoms with Crippen molar-refractivity contribution in [3.05, 3.63) is 27.7 Å². The van der Waals surface area contributed by atoms with Gasteiger partial charge in [0, 0.05) is 10.2 Å². The maximum Gasteiger partial charge on any atom is 0.418 e. The Kier molecular flexibility index (Phi) is 2.56. The van der Waals surface area contributed by atoms with Gasteiger partial charge in [0.05, 0.1) is 5.56 Å². The van der Waals surface area contributed by atoms with Crippen molar-refractivity contribution >= 4 is 21.6 Å². The molecule has 0 radical (unpaired) electrons. The van der Waals surface area contributed by atoms with Crippen LogP contribution in [-0.4, -0.2) is 0 Å². The van der Waals surface area contributed by atoms with E-state index in [0.29, 0.717) is 4.47 Å². The highest BCUT2D eigenvalue weighted by molar-refractivity contribution is 9.10. The third-order valence-electron chi connectivity index (χ3n) is 1.61. The quantitative estimate of drug-likeness (QED) is 0.706. The largest absolute Gasteiger partial charge is 0.418 e. The Morgan fingerprint density at radius 1 is 1.31 bits per heavy atom. The molecule has 5 heteroatoms. The second-order valence-electron chi connectivity index (χ2n) is 2.68. The van der Waals surface area contributed by atoms with Crippen LogP contribution in [0.15, 0.2) is 16.6 Å². The molecule has 0 heterocycles. The minimum Gasteiger partial charge on any atom is -0.398 e. The van der Waals surface area contributed by atoms with E-state index in [0.717, 1.165) is 0 Å². The molecule has 1 aromatic rings. The fourth-order valence-corrected chi connectivity index (χ4v) is 1.75. The van der Waals surface area contributed by atoms with Gasteiger partial charge in [0.2, 0.25) is 0 Å². The lowest BCUT2D eigenvalue weighted by Gasteiger charge is -2.13. The lowest BCUT2D eigenvalue weighted by Crippen LogP contribution is -2.11. The van der Waals surface area contributed by atoms with E-state index < -0.39 is 11.7 Å². The fourth-order valence-electron chi connectivity index (χ4n) is 1.16. The zero-order chi connectivity index (χ0) is 10.2. The van der Waals surface area contributed by atoms with Gasteiger partial charge in [-0.3, -0.25) is 0 Å². The average Bonchev–Trinajstić information content (AvgIpc) is 1.78. The number of aryl methyl sites for hydroxylation is 1. The van der Waals surface area contributed by atoms with E-state index in [4.69, 9.17) is 5.73 Å². The Bertz CT molecular complexity index is 310. The SMILES string of the molecule is Cc1cc(Br)cc(N)c1C(F)(F)F. The van der Waals surface area contributed by atoms with Gasteiger partial charge in [0.1, 0.15) is 0 Å². The topological polar surface area (TPSA) is 26.0 Å². The van der Waals surface area contributed by atoms with Crippen molar-refractivity contribution in [1.82, 2.24) is 0 Å². The predicted molar refractivity (Wildman–Crippen MR) is 48.3 cm³/mol. The molecule has 0 aliphatic heterocycles. The first-order valence-electron chi connectivity index (χ1n) is 3.45. The van der Waals surface area contributed by atoms with Crippen LogP contribution in [0.3, 0.4) is 0 Å². The number of nitrogen functional groups attached to an aromatic ring is 1. The first kappa shape index (κ1) is 10.4. The molecule has 72 valence electrons. The van der Waals surface area contributed by atoms with Crippen molar-refractivity contribution in [1.29, 1.82) is 0 Å². The summed E-state index contributed by atoms with van der Waals surface area (Å²) in [7, 11) is 0. The molecule has 0 bridgehead atoms. The van der Waals surface area contributed by atoms with Crippen LogP contribution in [0.2, 0.25) is 0 Å². The van der Waals surface area contributed by atoms with Crippen LogP contribution in [0.5, 0.6) is 0 Å². The lowest BCUT2D eigenvalue weighted by atomic mass is 10.1. The van der Waals surface area contributed by atoms with E-state index in [-0.39, 0.29) is 11.3 Å². The van der Waals surface area contributed by atoms with E-state index in [1.807, 2.05) is 0 Å². The van der Waals surface area contributed by atoms with Gasteiger partial charge in [-0.05, 0) is 24.6 Å². The molecule has 0 aromatic heterocycles. The highest BCUT2D eigenvalue weighted by Crippen LogP contribution is 2.37. The second-order valence-corrected chi connectivity index (χ2v) is 3.60. The Balaban J connectivity index is 3.38. The molecule has 0 amide bonds. The first-order chi connectivity index (χ1) is 5.82. The van der Waals surface area contributed by atoms with Crippen LogP contribution in [0.25, 0.3) is 0 Å². The third kappa shape index (κ3) is 2.15. The van der Waals surface area contributed by atoms with Gasteiger partial charge < -0.3 is 5.73 Å². The summed E-state index contributed by atoms with van der Waals surface area (Å²) in [5.74, 6) is 0. The summed E-state index contributed by atoms with van der Waals surface area (Å²) in [6.45, 7) is 1.38. The molecule has 1 rings (SSSR count). The van der Waals surface area contributed by atoms with Gasteiger partial charge in [-0.15, -0.1) is 0 Å². The average molecular weight is 254 g/mol. The number of alkyl halides is 3. The van der Waals surface area contributed by atoms with E-state index in [1.54, 1.807) is 0 Å². The summed E-state index contributed by atoms with van der Waals surface area (Å²) in [5, 5.41) is 0. The lowest BCUT2D eigenvalue weighted by molar-refractivity contribution is -0.137. The van der Waals surface area contributed by atoms with Gasteiger partial charge in [-0.1, -0.05) is 15.9 Å². The van der Waals surface area contributed by atoms with Crippen molar-refractivity contribution in [3.8, 4) is 0 Å². The van der Waals surface area contributed by atoms with E-state index in [1.165, 1.54) is 19.1 Å². The number of hydrogen-bond donors (Lipinski definition) is 1. The number of benzene rings is 1. The fraction of sp³-hybridized carbons (Fsp3) is 0.250. The Morgan fingerprint density at radius 3 is 2.23 bits per heavy atom. The van der Waals surface area contributed by atoms with Crippen LogP contribution < -0.4 is 5.73 Å². The molecule has 2 N–H and O–H groups in total. The molecule has 0 aliphatic carbocycles.